The van der Waals surface area contributed by atoms with Gasteiger partial charge in [-0.2, -0.15) is 0 Å². The fraction of sp³-hybridized carbons (Fsp3) is 0.143. The zero-order valence-electron chi connectivity index (χ0n) is 6.70. The molecule has 1 aromatic carbocycles. The number of hydrogen-bond donors (Lipinski definition) is 1. The Morgan fingerprint density at radius 3 is 2.23 bits per heavy atom. The Balaban J connectivity index is 0.000000310. The quantitative estimate of drug-likeness (QED) is 0.544. The van der Waals surface area contributed by atoms with E-state index in [1.165, 1.54) is 0 Å². The summed E-state index contributed by atoms with van der Waals surface area (Å²) in [6, 6.07) is 5.58. The number of nitrogens with zero attached hydrogens (tertiary/aromatic N) is 1. The monoisotopic (exact) mass is 223 g/mol. The predicted molar refractivity (Wildman–Crippen MR) is 50.0 cm³/mol. The lowest BCUT2D eigenvalue weighted by Gasteiger charge is -1.96. The first-order valence-corrected chi connectivity index (χ1v) is 3.94. The van der Waals surface area contributed by atoms with Crippen LogP contribution in [0.4, 0.5) is 0 Å². The Labute approximate surface area is 84.8 Å². The van der Waals surface area contributed by atoms with Crippen molar-refractivity contribution in [1.82, 2.24) is 0 Å². The van der Waals surface area contributed by atoms with Crippen LogP contribution in [0.5, 0.6) is 0 Å². The third-order valence-corrected chi connectivity index (χ3v) is 2.06. The molecule has 0 radical (unpaired) electrons. The molecule has 72 valence electrons. The van der Waals surface area contributed by atoms with Gasteiger partial charge in [-0.05, 0) is 18.6 Å². The normalized spacial score (nSPS) is 8.54. The molecule has 1 aromatic rings. The first-order chi connectivity index (χ1) is 5.95. The van der Waals surface area contributed by atoms with Gasteiger partial charge < -0.3 is 5.21 Å². The molecule has 0 amide bonds. The summed E-state index contributed by atoms with van der Waals surface area (Å²) in [6.07, 6.45) is 0. The van der Waals surface area contributed by atoms with Gasteiger partial charge in [-0.15, -0.1) is 10.1 Å². The second-order valence-corrected chi connectivity index (χ2v) is 2.89. The van der Waals surface area contributed by atoms with Gasteiger partial charge in [0.05, 0.1) is 10.0 Å². The molecule has 0 bridgehead atoms. The van der Waals surface area contributed by atoms with Gasteiger partial charge in [-0.25, -0.2) is 0 Å². The number of benzene rings is 1. The summed E-state index contributed by atoms with van der Waals surface area (Å²) in [7, 11) is 0. The molecule has 0 spiro atoms. The maximum absolute atomic E-state index is 8.36. The van der Waals surface area contributed by atoms with E-state index >= 15 is 0 Å². The van der Waals surface area contributed by atoms with Crippen LogP contribution < -0.4 is 0 Å². The Kier molecular flexibility index (Phi) is 5.18. The third kappa shape index (κ3) is 5.27. The largest absolute Gasteiger partial charge is 0.328 e. The fourth-order valence-corrected chi connectivity index (χ4v) is 0.959. The average molecular weight is 224 g/mol. The zero-order chi connectivity index (χ0) is 10.4. The maximum Gasteiger partial charge on any atom is 0.291 e. The van der Waals surface area contributed by atoms with E-state index in [4.69, 9.17) is 38.5 Å². The van der Waals surface area contributed by atoms with Crippen molar-refractivity contribution in [1.29, 1.82) is 0 Å². The van der Waals surface area contributed by atoms with E-state index < -0.39 is 5.09 Å². The predicted octanol–water partition coefficient (Wildman–Crippen LogP) is 2.95. The highest BCUT2D eigenvalue weighted by molar-refractivity contribution is 6.42. The van der Waals surface area contributed by atoms with Crippen molar-refractivity contribution >= 4 is 23.2 Å². The van der Waals surface area contributed by atoms with Crippen molar-refractivity contribution in [2.24, 2.45) is 0 Å². The van der Waals surface area contributed by atoms with Gasteiger partial charge >= 0.3 is 0 Å². The average Bonchev–Trinajstić information content (AvgIpc) is 1.99. The summed E-state index contributed by atoms with van der Waals surface area (Å²) < 4.78 is 0. The Bertz CT molecular complexity index is 280. The SMILES string of the molecule is Cc1cccc(Cl)c1Cl.O=[N+]([O-])O. The van der Waals surface area contributed by atoms with Crippen LogP contribution in [0, 0.1) is 17.0 Å². The topological polar surface area (TPSA) is 63.4 Å². The molecule has 6 heteroatoms. The van der Waals surface area contributed by atoms with Gasteiger partial charge in [-0.1, -0.05) is 35.3 Å². The first kappa shape index (κ1) is 12.0. The maximum atomic E-state index is 8.36. The summed E-state index contributed by atoms with van der Waals surface area (Å²) in [5.41, 5.74) is 1.02. The zero-order valence-corrected chi connectivity index (χ0v) is 8.21. The van der Waals surface area contributed by atoms with E-state index in [9.17, 15) is 0 Å². The molecule has 0 atom stereocenters. The molecule has 0 aliphatic carbocycles. The molecule has 0 saturated heterocycles. The molecule has 1 N–H and O–H groups in total. The highest BCUT2D eigenvalue weighted by Gasteiger charge is 1.96. The second-order valence-electron chi connectivity index (χ2n) is 2.11. The lowest BCUT2D eigenvalue weighted by Crippen LogP contribution is -1.81. The molecule has 0 aliphatic heterocycles. The van der Waals surface area contributed by atoms with Crippen molar-refractivity contribution in [3.05, 3.63) is 43.9 Å². The fourth-order valence-electron chi connectivity index (χ4n) is 0.612. The van der Waals surface area contributed by atoms with Crippen LogP contribution in [0.15, 0.2) is 18.2 Å². The van der Waals surface area contributed by atoms with E-state index in [0.29, 0.717) is 10.0 Å². The molecule has 0 aromatic heterocycles. The van der Waals surface area contributed by atoms with Crippen molar-refractivity contribution in [2.75, 3.05) is 0 Å². The van der Waals surface area contributed by atoms with Crippen LogP contribution in [0.2, 0.25) is 10.0 Å². The van der Waals surface area contributed by atoms with Crippen molar-refractivity contribution < 1.29 is 10.3 Å². The van der Waals surface area contributed by atoms with E-state index in [1.807, 2.05) is 19.1 Å². The van der Waals surface area contributed by atoms with E-state index in [1.54, 1.807) is 6.07 Å². The molecule has 0 aliphatic rings. The minimum Gasteiger partial charge on any atom is -0.328 e. The minimum absolute atomic E-state index is 0.622. The summed E-state index contributed by atoms with van der Waals surface area (Å²) >= 11 is 11.4. The lowest BCUT2D eigenvalue weighted by atomic mass is 10.2. The Morgan fingerprint density at radius 2 is 1.92 bits per heavy atom. The highest BCUT2D eigenvalue weighted by Crippen LogP contribution is 2.24. The van der Waals surface area contributed by atoms with Crippen LogP contribution in [0.1, 0.15) is 5.56 Å². The van der Waals surface area contributed by atoms with Crippen LogP contribution in [0.25, 0.3) is 0 Å². The first-order valence-electron chi connectivity index (χ1n) is 3.19. The molecule has 1 rings (SSSR count). The van der Waals surface area contributed by atoms with Crippen molar-refractivity contribution in [2.45, 2.75) is 6.92 Å². The third-order valence-electron chi connectivity index (χ3n) is 1.14. The molecule has 13 heavy (non-hydrogen) atoms. The number of rotatable bonds is 0. The molecule has 0 heterocycles. The smallest absolute Gasteiger partial charge is 0.291 e. The van der Waals surface area contributed by atoms with Gasteiger partial charge in [0.25, 0.3) is 5.09 Å². The Hall–Kier alpha value is -1.00. The van der Waals surface area contributed by atoms with Gasteiger partial charge in [-0.3, -0.25) is 0 Å². The van der Waals surface area contributed by atoms with Crippen molar-refractivity contribution in [3.63, 3.8) is 0 Å². The van der Waals surface area contributed by atoms with Gasteiger partial charge in [0.2, 0.25) is 0 Å². The molecule has 0 unspecified atom stereocenters. The minimum atomic E-state index is -1.50. The molecule has 0 saturated carbocycles. The summed E-state index contributed by atoms with van der Waals surface area (Å²) in [4.78, 5) is 8.36. The van der Waals surface area contributed by atoms with E-state index in [2.05, 4.69) is 0 Å². The summed E-state index contributed by atoms with van der Waals surface area (Å²) in [5, 5.41) is 14.9. The number of hydrogen-bond acceptors (Lipinski definition) is 2. The molecule has 0 fully saturated rings. The van der Waals surface area contributed by atoms with Gasteiger partial charge in [0.1, 0.15) is 0 Å². The van der Waals surface area contributed by atoms with Crippen LogP contribution in [-0.2, 0) is 0 Å². The molecular weight excluding hydrogens is 217 g/mol. The summed E-state index contributed by atoms with van der Waals surface area (Å²) in [5.74, 6) is 0. The van der Waals surface area contributed by atoms with Crippen LogP contribution >= 0.6 is 23.2 Å². The van der Waals surface area contributed by atoms with E-state index in [0.717, 1.165) is 5.56 Å². The Morgan fingerprint density at radius 1 is 1.46 bits per heavy atom. The number of halogens is 2. The van der Waals surface area contributed by atoms with Crippen molar-refractivity contribution in [3.8, 4) is 0 Å². The van der Waals surface area contributed by atoms with Crippen LogP contribution in [-0.4, -0.2) is 10.3 Å². The van der Waals surface area contributed by atoms with Gasteiger partial charge in [0.15, 0.2) is 0 Å². The number of aryl methyl sites for hydroxylation is 1. The standard InChI is InChI=1S/C7H6Cl2.HNO3/c1-5-3-2-4-6(8)7(5)9;2-1(3)4/h2-4H,1H3;(H,2,3,4). The van der Waals surface area contributed by atoms with Gasteiger partial charge in [0, 0.05) is 0 Å². The lowest BCUT2D eigenvalue weighted by molar-refractivity contribution is -0.742. The molecule has 4 nitrogen and oxygen atoms in total. The summed E-state index contributed by atoms with van der Waals surface area (Å²) in [6.45, 7) is 1.92. The molecular formula is C7H7Cl2NO3. The second kappa shape index (κ2) is 5.61. The highest BCUT2D eigenvalue weighted by atomic mass is 35.5. The van der Waals surface area contributed by atoms with E-state index in [-0.39, 0.29) is 0 Å². The van der Waals surface area contributed by atoms with Crippen LogP contribution in [0.3, 0.4) is 0 Å².